The van der Waals surface area contributed by atoms with Gasteiger partial charge in [0.25, 0.3) is 0 Å². The zero-order chi connectivity index (χ0) is 22.7. The number of benzene rings is 2. The van der Waals surface area contributed by atoms with Crippen LogP contribution in [0.4, 0.5) is 10.1 Å². The molecule has 9 heteroatoms. The van der Waals surface area contributed by atoms with Crippen LogP contribution in [0.25, 0.3) is 0 Å². The highest BCUT2D eigenvalue weighted by molar-refractivity contribution is 5.76. The molecule has 2 heterocycles. The van der Waals surface area contributed by atoms with Gasteiger partial charge in [-0.25, -0.2) is 9.07 Å². The zero-order valence-electron chi connectivity index (χ0n) is 18.4. The molecule has 1 atom stereocenters. The monoisotopic (exact) mass is 438 g/mol. The molecule has 3 aromatic rings. The minimum Gasteiger partial charge on any atom is -0.378 e. The fraction of sp³-hybridized carbons (Fsp3) is 0.391. The van der Waals surface area contributed by atoms with Crippen molar-refractivity contribution in [2.45, 2.75) is 25.4 Å². The number of tetrazole rings is 1. The number of carbonyl (C=O) groups is 1. The van der Waals surface area contributed by atoms with Gasteiger partial charge in [-0.05, 0) is 40.3 Å². The predicted octanol–water partition coefficient (Wildman–Crippen LogP) is 0.796. The molecule has 1 aliphatic rings. The van der Waals surface area contributed by atoms with Crippen molar-refractivity contribution in [2.75, 3.05) is 32.1 Å². The van der Waals surface area contributed by atoms with Crippen LogP contribution in [0.15, 0.2) is 48.5 Å². The summed E-state index contributed by atoms with van der Waals surface area (Å²) in [5.74, 6) is 0.175. The molecule has 32 heavy (non-hydrogen) atoms. The van der Waals surface area contributed by atoms with Gasteiger partial charge in [0.1, 0.15) is 5.82 Å². The van der Waals surface area contributed by atoms with E-state index in [0.29, 0.717) is 6.54 Å². The summed E-state index contributed by atoms with van der Waals surface area (Å²) in [6, 6.07) is 14.7. The number of hydrogen-bond donors (Lipinski definition) is 2. The van der Waals surface area contributed by atoms with Gasteiger partial charge in [-0.1, -0.05) is 24.3 Å². The molecule has 0 aliphatic carbocycles. The number of rotatable bonds is 7. The number of anilines is 1. The summed E-state index contributed by atoms with van der Waals surface area (Å²) >= 11 is 0. The first-order chi connectivity index (χ1) is 15.4. The van der Waals surface area contributed by atoms with Crippen LogP contribution in [-0.4, -0.2) is 53.3 Å². The number of quaternary nitrogens is 1. The van der Waals surface area contributed by atoms with E-state index in [-0.39, 0.29) is 23.7 Å². The molecule has 168 valence electrons. The van der Waals surface area contributed by atoms with Crippen LogP contribution >= 0.6 is 0 Å². The third kappa shape index (κ3) is 4.77. The molecule has 0 spiro atoms. The Morgan fingerprint density at radius 2 is 1.81 bits per heavy atom. The van der Waals surface area contributed by atoms with E-state index in [1.807, 2.05) is 14.1 Å². The maximum Gasteiger partial charge on any atom is 0.220 e. The van der Waals surface area contributed by atoms with Gasteiger partial charge in [0.05, 0.1) is 19.6 Å². The lowest BCUT2D eigenvalue weighted by Gasteiger charge is -2.33. The van der Waals surface area contributed by atoms with E-state index in [9.17, 15) is 9.18 Å². The van der Waals surface area contributed by atoms with Crippen LogP contribution < -0.4 is 15.5 Å². The minimum atomic E-state index is -0.272. The molecule has 1 aliphatic heterocycles. The van der Waals surface area contributed by atoms with Gasteiger partial charge >= 0.3 is 0 Å². The summed E-state index contributed by atoms with van der Waals surface area (Å²) in [5, 5.41) is 12.6. The van der Waals surface area contributed by atoms with Crippen molar-refractivity contribution < 1.29 is 14.1 Å². The van der Waals surface area contributed by atoms with Gasteiger partial charge in [-0.3, -0.25) is 4.79 Å². The summed E-state index contributed by atoms with van der Waals surface area (Å²) in [4.78, 5) is 15.0. The Bertz CT molecular complexity index is 1040. The van der Waals surface area contributed by atoms with E-state index in [4.69, 9.17) is 5.73 Å². The topological polar surface area (TPSA) is 94.4 Å². The molecule has 0 unspecified atom stereocenters. The van der Waals surface area contributed by atoms with Crippen LogP contribution in [-0.2, 0) is 11.3 Å². The molecule has 2 aromatic carbocycles. The van der Waals surface area contributed by atoms with Crippen LogP contribution in [0.3, 0.4) is 0 Å². The first-order valence-electron chi connectivity index (χ1n) is 10.8. The van der Waals surface area contributed by atoms with Gasteiger partial charge in [0.2, 0.25) is 11.7 Å². The second kappa shape index (κ2) is 9.44. The summed E-state index contributed by atoms with van der Waals surface area (Å²) in [6.07, 6.45) is 1.49. The van der Waals surface area contributed by atoms with Crippen LogP contribution in [0, 0.1) is 11.7 Å². The number of piperidine rings is 1. The van der Waals surface area contributed by atoms with Crippen molar-refractivity contribution in [3.8, 4) is 0 Å². The SMILES string of the molecule is CN(C)c1ccc([C@@H](c2nnnn2Cc2ccc(F)cc2)[NH+]2CCC(C(N)=O)CC2)cc1. The number of nitrogens with zero attached hydrogens (tertiary/aromatic N) is 5. The molecule has 0 saturated carbocycles. The molecule has 1 aromatic heterocycles. The Morgan fingerprint density at radius 3 is 2.41 bits per heavy atom. The predicted molar refractivity (Wildman–Crippen MR) is 119 cm³/mol. The van der Waals surface area contributed by atoms with Crippen molar-refractivity contribution in [3.05, 3.63) is 71.3 Å². The smallest absolute Gasteiger partial charge is 0.220 e. The van der Waals surface area contributed by atoms with Crippen LogP contribution in [0.5, 0.6) is 0 Å². The maximum atomic E-state index is 13.3. The number of carbonyl (C=O) groups excluding carboxylic acids is 1. The Hall–Kier alpha value is -3.33. The quantitative estimate of drug-likeness (QED) is 0.569. The number of hydrogen-bond acceptors (Lipinski definition) is 5. The molecular formula is C23H29FN7O+. The Morgan fingerprint density at radius 1 is 1.16 bits per heavy atom. The van der Waals surface area contributed by atoms with E-state index in [1.54, 1.807) is 16.8 Å². The van der Waals surface area contributed by atoms with Gasteiger partial charge in [0.15, 0.2) is 6.04 Å². The maximum absolute atomic E-state index is 13.3. The number of primary amides is 1. The standard InChI is InChI=1S/C23H28FN7O/c1-29(2)20-9-5-17(6-10-20)21(30-13-11-18(12-14-30)22(25)32)23-26-27-28-31(23)15-16-3-7-19(24)8-4-16/h3-10,18,21H,11-15H2,1-2H3,(H2,25,32)/p+1/t21-/m0/s1. The molecule has 1 amide bonds. The van der Waals surface area contributed by atoms with Gasteiger partial charge in [-0.2, -0.15) is 0 Å². The van der Waals surface area contributed by atoms with E-state index in [0.717, 1.165) is 48.6 Å². The van der Waals surface area contributed by atoms with E-state index < -0.39 is 0 Å². The van der Waals surface area contributed by atoms with Crippen molar-refractivity contribution in [1.29, 1.82) is 0 Å². The zero-order valence-corrected chi connectivity index (χ0v) is 18.4. The van der Waals surface area contributed by atoms with Crippen molar-refractivity contribution in [3.63, 3.8) is 0 Å². The summed E-state index contributed by atoms with van der Waals surface area (Å²) in [7, 11) is 4.02. The first-order valence-corrected chi connectivity index (χ1v) is 10.8. The second-order valence-corrected chi connectivity index (χ2v) is 8.58. The van der Waals surface area contributed by atoms with Gasteiger partial charge in [-0.15, -0.1) is 5.10 Å². The van der Waals surface area contributed by atoms with E-state index >= 15 is 0 Å². The summed E-state index contributed by atoms with van der Waals surface area (Å²) < 4.78 is 15.1. The van der Waals surface area contributed by atoms with E-state index in [2.05, 4.69) is 44.7 Å². The molecule has 3 N–H and O–H groups in total. The highest BCUT2D eigenvalue weighted by Crippen LogP contribution is 2.23. The number of aromatic nitrogens is 4. The minimum absolute atomic E-state index is 0.0780. The lowest BCUT2D eigenvalue weighted by molar-refractivity contribution is -0.931. The fourth-order valence-electron chi connectivity index (χ4n) is 4.39. The first kappa shape index (κ1) is 21.9. The van der Waals surface area contributed by atoms with Crippen molar-refractivity contribution >= 4 is 11.6 Å². The number of halogens is 1. The van der Waals surface area contributed by atoms with Crippen LogP contribution in [0.2, 0.25) is 0 Å². The molecule has 0 radical (unpaired) electrons. The highest BCUT2D eigenvalue weighted by Gasteiger charge is 2.36. The lowest BCUT2D eigenvalue weighted by atomic mass is 9.93. The largest absolute Gasteiger partial charge is 0.378 e. The normalized spacial score (nSPS) is 19.5. The average molecular weight is 439 g/mol. The molecule has 1 saturated heterocycles. The summed E-state index contributed by atoms with van der Waals surface area (Å²) in [6.45, 7) is 2.06. The van der Waals surface area contributed by atoms with Gasteiger partial charge in [0, 0.05) is 44.1 Å². The second-order valence-electron chi connectivity index (χ2n) is 8.58. The summed E-state index contributed by atoms with van der Waals surface area (Å²) in [5.41, 5.74) is 8.69. The third-order valence-corrected chi connectivity index (χ3v) is 6.24. The Labute approximate surface area is 186 Å². The van der Waals surface area contributed by atoms with Crippen molar-refractivity contribution in [1.82, 2.24) is 20.2 Å². The molecular weight excluding hydrogens is 409 g/mol. The highest BCUT2D eigenvalue weighted by atomic mass is 19.1. The number of nitrogens with one attached hydrogen (secondary N) is 1. The average Bonchev–Trinajstić information content (AvgIpc) is 3.24. The molecule has 1 fully saturated rings. The molecule has 0 bridgehead atoms. The lowest BCUT2D eigenvalue weighted by Crippen LogP contribution is -3.13. The molecule has 8 nitrogen and oxygen atoms in total. The fourth-order valence-corrected chi connectivity index (χ4v) is 4.39. The number of likely N-dealkylation sites (tertiary alicyclic amines) is 1. The molecule has 4 rings (SSSR count). The third-order valence-electron chi connectivity index (χ3n) is 6.24. The Balaban J connectivity index is 1.66. The number of amides is 1. The van der Waals surface area contributed by atoms with E-state index in [1.165, 1.54) is 17.0 Å². The van der Waals surface area contributed by atoms with Crippen molar-refractivity contribution in [2.24, 2.45) is 11.7 Å². The Kier molecular flexibility index (Phi) is 6.45. The number of nitrogens with two attached hydrogens (primary N) is 1. The van der Waals surface area contributed by atoms with Gasteiger partial charge < -0.3 is 15.5 Å². The van der Waals surface area contributed by atoms with Crippen LogP contribution in [0.1, 0.15) is 35.8 Å².